The van der Waals surface area contributed by atoms with Crippen LogP contribution in [0.4, 0.5) is 24.9 Å². The van der Waals surface area contributed by atoms with E-state index in [2.05, 4.69) is 27.1 Å². The summed E-state index contributed by atoms with van der Waals surface area (Å²) in [5, 5.41) is 12.0. The highest BCUT2D eigenvalue weighted by Crippen LogP contribution is 2.37. The number of morpholine rings is 1. The standard InChI is InChI=1S/C27H33F3N6O3/c1-16-8-10-18(11-9-16)14-36-21-22(31-17(2)27(28,29)30)32-24(25(37)38)33-23(21)34-26(36)35-12-13-39-15-20(35)19-6-4-3-5-7-19/h3-7,16-18,20H,8-15H2,1-2H3,(H,37,38)(H,31,32,33). The zero-order chi connectivity index (χ0) is 27.7. The van der Waals surface area contributed by atoms with Gasteiger partial charge in [-0.3, -0.25) is 0 Å². The SMILES string of the molecule is CC1CCC(Cn2c(N3CCOCC3c3ccccc3)nc3nc(C(=O)O)nc(NC(C)C(F)(F)F)c32)CC1. The number of halogens is 3. The van der Waals surface area contributed by atoms with Gasteiger partial charge in [-0.15, -0.1) is 0 Å². The first-order chi connectivity index (χ1) is 18.6. The lowest BCUT2D eigenvalue weighted by atomic mass is 9.83. The second-order valence-corrected chi connectivity index (χ2v) is 10.6. The van der Waals surface area contributed by atoms with Crippen LogP contribution >= 0.6 is 0 Å². The minimum absolute atomic E-state index is 0.0526. The molecule has 9 nitrogen and oxygen atoms in total. The summed E-state index contributed by atoms with van der Waals surface area (Å²) < 4.78 is 48.4. The number of aromatic carboxylic acids is 1. The van der Waals surface area contributed by atoms with E-state index in [4.69, 9.17) is 9.72 Å². The zero-order valence-electron chi connectivity index (χ0n) is 22.0. The van der Waals surface area contributed by atoms with E-state index in [0.29, 0.717) is 44.1 Å². The molecule has 2 N–H and O–H groups in total. The van der Waals surface area contributed by atoms with E-state index >= 15 is 0 Å². The van der Waals surface area contributed by atoms with Crippen LogP contribution in [0.3, 0.4) is 0 Å². The van der Waals surface area contributed by atoms with Crippen molar-refractivity contribution in [1.82, 2.24) is 19.5 Å². The number of imidazole rings is 1. The van der Waals surface area contributed by atoms with Crippen molar-refractivity contribution in [3.63, 3.8) is 0 Å². The first kappa shape index (κ1) is 27.2. The number of nitrogens with zero attached hydrogens (tertiary/aromatic N) is 5. The minimum Gasteiger partial charge on any atom is -0.475 e. The summed E-state index contributed by atoms with van der Waals surface area (Å²) in [7, 11) is 0. The summed E-state index contributed by atoms with van der Waals surface area (Å²) in [6.45, 7) is 5.10. The third-order valence-electron chi connectivity index (χ3n) is 7.76. The van der Waals surface area contributed by atoms with Gasteiger partial charge in [0.25, 0.3) is 0 Å². The lowest BCUT2D eigenvalue weighted by Crippen LogP contribution is -2.41. The van der Waals surface area contributed by atoms with Crippen molar-refractivity contribution < 1.29 is 27.8 Å². The number of hydrogen-bond acceptors (Lipinski definition) is 7. The maximum atomic E-state index is 13.6. The predicted molar refractivity (Wildman–Crippen MR) is 140 cm³/mol. The highest BCUT2D eigenvalue weighted by Gasteiger charge is 2.38. The molecule has 12 heteroatoms. The van der Waals surface area contributed by atoms with Crippen LogP contribution in [-0.4, -0.2) is 62.6 Å². The van der Waals surface area contributed by atoms with Gasteiger partial charge in [0.1, 0.15) is 11.6 Å². The van der Waals surface area contributed by atoms with Crippen molar-refractivity contribution >= 4 is 28.9 Å². The van der Waals surface area contributed by atoms with Crippen LogP contribution in [0.15, 0.2) is 30.3 Å². The van der Waals surface area contributed by atoms with Gasteiger partial charge in [0.05, 0.1) is 19.3 Å². The second kappa shape index (κ2) is 11.0. The largest absolute Gasteiger partial charge is 0.475 e. The molecule has 1 saturated heterocycles. The van der Waals surface area contributed by atoms with E-state index in [1.54, 1.807) is 0 Å². The third-order valence-corrected chi connectivity index (χ3v) is 7.76. The second-order valence-electron chi connectivity index (χ2n) is 10.6. The van der Waals surface area contributed by atoms with Crippen molar-refractivity contribution in [3.8, 4) is 0 Å². The first-order valence-corrected chi connectivity index (χ1v) is 13.4. The number of nitrogens with one attached hydrogen (secondary N) is 1. The van der Waals surface area contributed by atoms with E-state index in [-0.39, 0.29) is 23.0 Å². The van der Waals surface area contributed by atoms with E-state index in [9.17, 15) is 23.1 Å². The maximum absolute atomic E-state index is 13.6. The summed E-state index contributed by atoms with van der Waals surface area (Å²) in [6, 6.07) is 7.68. The van der Waals surface area contributed by atoms with Crippen LogP contribution in [0.1, 0.15) is 61.8 Å². The molecule has 0 bridgehead atoms. The Hall–Kier alpha value is -3.41. The van der Waals surface area contributed by atoms with Crippen molar-refractivity contribution in [2.75, 3.05) is 30.0 Å². The smallest absolute Gasteiger partial charge is 0.408 e. The Balaban J connectivity index is 1.67. The van der Waals surface area contributed by atoms with Crippen LogP contribution in [0.5, 0.6) is 0 Å². The molecule has 39 heavy (non-hydrogen) atoms. The van der Waals surface area contributed by atoms with Gasteiger partial charge in [0.2, 0.25) is 11.8 Å². The average Bonchev–Trinajstić information content (AvgIpc) is 3.28. The van der Waals surface area contributed by atoms with Gasteiger partial charge in [0.15, 0.2) is 11.5 Å². The van der Waals surface area contributed by atoms with Gasteiger partial charge >= 0.3 is 12.1 Å². The molecule has 2 atom stereocenters. The van der Waals surface area contributed by atoms with E-state index in [1.165, 1.54) is 0 Å². The van der Waals surface area contributed by atoms with Crippen molar-refractivity contribution in [2.24, 2.45) is 11.8 Å². The van der Waals surface area contributed by atoms with Crippen LogP contribution < -0.4 is 10.2 Å². The van der Waals surface area contributed by atoms with Crippen molar-refractivity contribution in [3.05, 3.63) is 41.7 Å². The third kappa shape index (κ3) is 5.80. The Morgan fingerprint density at radius 3 is 2.54 bits per heavy atom. The molecule has 3 aromatic rings. The molecule has 1 saturated carbocycles. The summed E-state index contributed by atoms with van der Waals surface area (Å²) >= 11 is 0. The molecule has 1 aromatic carbocycles. The number of fused-ring (bicyclic) bond motifs is 1. The monoisotopic (exact) mass is 546 g/mol. The normalized spacial score (nSPS) is 23.1. The lowest BCUT2D eigenvalue weighted by molar-refractivity contribution is -0.138. The Morgan fingerprint density at radius 1 is 1.15 bits per heavy atom. The number of alkyl halides is 3. The van der Waals surface area contributed by atoms with Gasteiger partial charge in [-0.2, -0.15) is 18.2 Å². The zero-order valence-corrected chi connectivity index (χ0v) is 22.0. The number of rotatable bonds is 7. The molecule has 2 fully saturated rings. The number of carbonyl (C=O) groups is 1. The summed E-state index contributed by atoms with van der Waals surface area (Å²) in [4.78, 5) is 26.9. The topological polar surface area (TPSA) is 105 Å². The first-order valence-electron chi connectivity index (χ1n) is 13.4. The molecule has 0 radical (unpaired) electrons. The number of hydrogen-bond donors (Lipinski definition) is 2. The van der Waals surface area contributed by atoms with Gasteiger partial charge in [-0.25, -0.2) is 14.8 Å². The van der Waals surface area contributed by atoms with E-state index in [1.807, 2.05) is 34.9 Å². The average molecular weight is 547 g/mol. The fourth-order valence-electron chi connectivity index (χ4n) is 5.46. The molecule has 5 rings (SSSR count). The number of ether oxygens (including phenoxy) is 1. The maximum Gasteiger partial charge on any atom is 0.408 e. The van der Waals surface area contributed by atoms with Crippen molar-refractivity contribution in [2.45, 2.75) is 64.3 Å². The molecule has 2 unspecified atom stereocenters. The molecule has 2 aromatic heterocycles. The lowest BCUT2D eigenvalue weighted by Gasteiger charge is -2.37. The fraction of sp³-hybridized carbons (Fsp3) is 0.556. The number of benzene rings is 1. The summed E-state index contributed by atoms with van der Waals surface area (Å²) in [6.07, 6.45) is -0.432. The Bertz CT molecular complexity index is 1310. The number of carboxylic acids is 1. The minimum atomic E-state index is -4.56. The number of anilines is 2. The van der Waals surface area contributed by atoms with E-state index < -0.39 is 24.0 Å². The van der Waals surface area contributed by atoms with E-state index in [0.717, 1.165) is 38.2 Å². The molecule has 1 aliphatic heterocycles. The van der Waals surface area contributed by atoms with Gasteiger partial charge in [-0.1, -0.05) is 50.1 Å². The van der Waals surface area contributed by atoms with Gasteiger partial charge < -0.3 is 24.6 Å². The number of carboxylic acid groups (broad SMARTS) is 1. The Labute approximate surface area is 224 Å². The molecule has 3 heterocycles. The number of aromatic nitrogens is 4. The molecular formula is C27H33F3N6O3. The van der Waals surface area contributed by atoms with Gasteiger partial charge in [-0.05, 0) is 37.2 Å². The van der Waals surface area contributed by atoms with Crippen LogP contribution in [0.2, 0.25) is 0 Å². The van der Waals surface area contributed by atoms with Crippen LogP contribution in [0.25, 0.3) is 11.2 Å². The molecular weight excluding hydrogens is 513 g/mol. The molecule has 210 valence electrons. The molecule has 2 aliphatic rings. The summed E-state index contributed by atoms with van der Waals surface area (Å²) in [5.74, 6) is -0.780. The summed E-state index contributed by atoms with van der Waals surface area (Å²) in [5.41, 5.74) is 1.35. The van der Waals surface area contributed by atoms with Gasteiger partial charge in [0, 0.05) is 13.1 Å². The van der Waals surface area contributed by atoms with Crippen LogP contribution in [-0.2, 0) is 11.3 Å². The molecule has 1 aliphatic carbocycles. The molecule has 0 amide bonds. The molecule has 0 spiro atoms. The predicted octanol–water partition coefficient (Wildman–Crippen LogP) is 5.29. The quantitative estimate of drug-likeness (QED) is 0.412. The Kier molecular flexibility index (Phi) is 7.66. The van der Waals surface area contributed by atoms with Crippen molar-refractivity contribution in [1.29, 1.82) is 0 Å². The Morgan fingerprint density at radius 2 is 1.87 bits per heavy atom. The van der Waals surface area contributed by atoms with Crippen LogP contribution in [0, 0.1) is 11.8 Å². The highest BCUT2D eigenvalue weighted by molar-refractivity contribution is 5.91. The highest BCUT2D eigenvalue weighted by atomic mass is 19.4. The fourth-order valence-corrected chi connectivity index (χ4v) is 5.46.